The van der Waals surface area contributed by atoms with E-state index in [9.17, 15) is 28.8 Å². The Balaban J connectivity index is 1.54. The number of aldehydes is 1. The molecular weight excluding hydrogens is 460 g/mol. The van der Waals surface area contributed by atoms with Crippen molar-refractivity contribution in [1.82, 2.24) is 20.7 Å². The molecule has 1 aromatic carbocycles. The SMILES string of the molecule is O=C[C@H](CC(=O)O)NC(=O)[C@@H]1CCCN2C(=O)CC[C@H](NC(=O)c3cc4ccccc4o3)C(=O)N12. The van der Waals surface area contributed by atoms with Crippen LogP contribution in [0.15, 0.2) is 34.7 Å². The number of carboxylic acid groups (broad SMARTS) is 1. The van der Waals surface area contributed by atoms with Crippen molar-refractivity contribution < 1.29 is 38.3 Å². The third-order valence-electron chi connectivity index (χ3n) is 6.01. The van der Waals surface area contributed by atoms with E-state index >= 15 is 0 Å². The van der Waals surface area contributed by atoms with Crippen LogP contribution in [0, 0.1) is 0 Å². The number of carbonyl (C=O) groups excluding carboxylic acids is 5. The van der Waals surface area contributed by atoms with Gasteiger partial charge < -0.3 is 25.0 Å². The molecule has 4 amide bonds. The van der Waals surface area contributed by atoms with Crippen molar-refractivity contribution in [3.8, 4) is 0 Å². The lowest BCUT2D eigenvalue weighted by atomic mass is 10.0. The second kappa shape index (κ2) is 9.95. The maximum atomic E-state index is 13.5. The van der Waals surface area contributed by atoms with E-state index in [1.807, 2.05) is 0 Å². The number of nitrogens with one attached hydrogen (secondary N) is 2. The molecule has 12 nitrogen and oxygen atoms in total. The number of carboxylic acids is 1. The molecule has 3 heterocycles. The van der Waals surface area contributed by atoms with Gasteiger partial charge in [0.1, 0.15) is 24.0 Å². The van der Waals surface area contributed by atoms with Gasteiger partial charge in [-0.25, -0.2) is 5.01 Å². The molecule has 0 aliphatic carbocycles. The zero-order valence-electron chi connectivity index (χ0n) is 18.6. The zero-order chi connectivity index (χ0) is 25.1. The quantitative estimate of drug-likeness (QED) is 0.469. The number of amides is 4. The Morgan fingerprint density at radius 3 is 2.69 bits per heavy atom. The fourth-order valence-electron chi connectivity index (χ4n) is 4.33. The van der Waals surface area contributed by atoms with E-state index in [2.05, 4.69) is 10.6 Å². The number of fused-ring (bicyclic) bond motifs is 2. The minimum Gasteiger partial charge on any atom is -0.481 e. The van der Waals surface area contributed by atoms with Crippen LogP contribution in [-0.4, -0.2) is 75.7 Å². The summed E-state index contributed by atoms with van der Waals surface area (Å²) in [5.41, 5.74) is 0.505. The van der Waals surface area contributed by atoms with Crippen LogP contribution in [0.25, 0.3) is 11.0 Å². The Bertz CT molecular complexity index is 1160. The van der Waals surface area contributed by atoms with Crippen LogP contribution in [0.5, 0.6) is 0 Å². The predicted molar refractivity (Wildman–Crippen MR) is 119 cm³/mol. The second-order valence-corrected chi connectivity index (χ2v) is 8.42. The van der Waals surface area contributed by atoms with E-state index in [1.165, 1.54) is 5.01 Å². The van der Waals surface area contributed by atoms with E-state index < -0.39 is 48.2 Å². The first-order valence-corrected chi connectivity index (χ1v) is 11.2. The van der Waals surface area contributed by atoms with Gasteiger partial charge in [-0.15, -0.1) is 0 Å². The Kier molecular flexibility index (Phi) is 6.80. The summed E-state index contributed by atoms with van der Waals surface area (Å²) in [7, 11) is 0. The number of hydrazine groups is 1. The minimum absolute atomic E-state index is 0.00172. The van der Waals surface area contributed by atoms with Crippen LogP contribution < -0.4 is 10.6 Å². The Morgan fingerprint density at radius 1 is 1.20 bits per heavy atom. The minimum atomic E-state index is -1.28. The summed E-state index contributed by atoms with van der Waals surface area (Å²) < 4.78 is 5.55. The summed E-state index contributed by atoms with van der Waals surface area (Å²) in [4.78, 5) is 74.1. The van der Waals surface area contributed by atoms with Gasteiger partial charge >= 0.3 is 5.97 Å². The molecule has 2 fully saturated rings. The lowest BCUT2D eigenvalue weighted by Gasteiger charge is -2.43. The van der Waals surface area contributed by atoms with Gasteiger partial charge in [0.2, 0.25) is 11.8 Å². The van der Waals surface area contributed by atoms with Gasteiger partial charge in [-0.1, -0.05) is 18.2 Å². The maximum absolute atomic E-state index is 13.5. The summed E-state index contributed by atoms with van der Waals surface area (Å²) in [6.45, 7) is 0.213. The monoisotopic (exact) mass is 484 g/mol. The first-order chi connectivity index (χ1) is 16.8. The largest absolute Gasteiger partial charge is 0.481 e. The van der Waals surface area contributed by atoms with Crippen LogP contribution in [0.3, 0.4) is 0 Å². The molecule has 2 saturated heterocycles. The zero-order valence-corrected chi connectivity index (χ0v) is 18.6. The van der Waals surface area contributed by atoms with E-state index in [0.717, 1.165) is 5.01 Å². The van der Waals surface area contributed by atoms with Crippen LogP contribution in [0.1, 0.15) is 42.7 Å². The highest BCUT2D eigenvalue weighted by molar-refractivity contribution is 6.00. The molecule has 184 valence electrons. The van der Waals surface area contributed by atoms with Gasteiger partial charge in [0.05, 0.1) is 12.5 Å². The number of aliphatic carboxylic acids is 1. The molecule has 2 aliphatic heterocycles. The Hall–Kier alpha value is -4.22. The lowest BCUT2D eigenvalue weighted by molar-refractivity contribution is -0.176. The Morgan fingerprint density at radius 2 is 1.97 bits per heavy atom. The Labute approximate surface area is 199 Å². The number of carbonyl (C=O) groups is 6. The van der Waals surface area contributed by atoms with Gasteiger partial charge in [0.25, 0.3) is 11.8 Å². The highest BCUT2D eigenvalue weighted by atomic mass is 16.4. The van der Waals surface area contributed by atoms with E-state index in [1.54, 1.807) is 30.3 Å². The smallest absolute Gasteiger partial charge is 0.305 e. The fraction of sp³-hybridized carbons (Fsp3) is 0.391. The number of furan rings is 1. The highest BCUT2D eigenvalue weighted by Gasteiger charge is 2.45. The number of nitrogens with zero attached hydrogens (tertiary/aromatic N) is 2. The molecule has 0 radical (unpaired) electrons. The molecule has 4 rings (SSSR count). The van der Waals surface area contributed by atoms with Crippen molar-refractivity contribution in [2.45, 2.75) is 50.2 Å². The van der Waals surface area contributed by atoms with Crippen LogP contribution in [0.4, 0.5) is 0 Å². The topological polar surface area (TPSA) is 166 Å². The number of benzene rings is 1. The number of rotatable bonds is 7. The van der Waals surface area contributed by atoms with Crippen molar-refractivity contribution in [1.29, 1.82) is 0 Å². The van der Waals surface area contributed by atoms with Crippen molar-refractivity contribution in [3.63, 3.8) is 0 Å². The lowest BCUT2D eigenvalue weighted by Crippen LogP contribution is -2.64. The third-order valence-corrected chi connectivity index (χ3v) is 6.01. The second-order valence-electron chi connectivity index (χ2n) is 8.42. The maximum Gasteiger partial charge on any atom is 0.305 e. The molecule has 2 aromatic rings. The number of para-hydroxylation sites is 1. The number of hydrogen-bond acceptors (Lipinski definition) is 7. The third kappa shape index (κ3) is 5.00. The molecule has 2 aliphatic rings. The van der Waals surface area contributed by atoms with Gasteiger partial charge in [0.15, 0.2) is 5.76 Å². The van der Waals surface area contributed by atoms with Crippen LogP contribution >= 0.6 is 0 Å². The molecule has 3 N–H and O–H groups in total. The van der Waals surface area contributed by atoms with E-state index in [0.29, 0.717) is 23.7 Å². The fourth-order valence-corrected chi connectivity index (χ4v) is 4.33. The van der Waals surface area contributed by atoms with Gasteiger partial charge in [-0.3, -0.25) is 29.0 Å². The van der Waals surface area contributed by atoms with Gasteiger partial charge in [-0.05, 0) is 31.4 Å². The predicted octanol–water partition coefficient (Wildman–Crippen LogP) is 0.218. The number of hydrogen-bond donors (Lipinski definition) is 3. The average molecular weight is 484 g/mol. The first-order valence-electron chi connectivity index (χ1n) is 11.2. The summed E-state index contributed by atoms with van der Waals surface area (Å²) in [5.74, 6) is -3.70. The summed E-state index contributed by atoms with van der Waals surface area (Å²) in [5, 5.41) is 16.8. The van der Waals surface area contributed by atoms with Crippen LogP contribution in [0.2, 0.25) is 0 Å². The summed E-state index contributed by atoms with van der Waals surface area (Å²) in [6, 6.07) is 5.06. The van der Waals surface area contributed by atoms with Crippen molar-refractivity contribution in [3.05, 3.63) is 36.1 Å². The first kappa shape index (κ1) is 23.9. The molecule has 1 aromatic heterocycles. The molecule has 0 bridgehead atoms. The van der Waals surface area contributed by atoms with Crippen molar-refractivity contribution >= 4 is 46.9 Å². The van der Waals surface area contributed by atoms with E-state index in [4.69, 9.17) is 9.52 Å². The standard InChI is InChI=1S/C23H24N4O8/c28-12-14(11-20(30)31)24-21(32)16-5-3-9-26-19(29)8-7-15(23(34)27(16)26)25-22(33)18-10-13-4-1-2-6-17(13)35-18/h1-2,4,6,10,12,14-16H,3,5,7-9,11H2,(H,24,32)(H,25,33)(H,30,31)/t14-,15-,16-/m0/s1. The van der Waals surface area contributed by atoms with Crippen LogP contribution in [-0.2, 0) is 24.0 Å². The van der Waals surface area contributed by atoms with Crippen molar-refractivity contribution in [2.24, 2.45) is 0 Å². The average Bonchev–Trinajstić information content (AvgIpc) is 3.24. The van der Waals surface area contributed by atoms with Crippen molar-refractivity contribution in [2.75, 3.05) is 6.54 Å². The van der Waals surface area contributed by atoms with Gasteiger partial charge in [0, 0.05) is 18.4 Å². The van der Waals surface area contributed by atoms with E-state index in [-0.39, 0.29) is 37.5 Å². The molecule has 0 saturated carbocycles. The molecule has 0 spiro atoms. The summed E-state index contributed by atoms with van der Waals surface area (Å²) in [6.07, 6.45) is 0.310. The molecule has 12 heteroatoms. The molecule has 35 heavy (non-hydrogen) atoms. The van der Waals surface area contributed by atoms with Gasteiger partial charge in [-0.2, -0.15) is 0 Å². The normalized spacial score (nSPS) is 21.1. The summed E-state index contributed by atoms with van der Waals surface area (Å²) >= 11 is 0. The molecule has 0 unspecified atom stereocenters. The highest BCUT2D eigenvalue weighted by Crippen LogP contribution is 2.26. The molecular formula is C23H24N4O8. The molecule has 3 atom stereocenters.